The fraction of sp³-hybridized carbons (Fsp3) is 0.562. The first-order chi connectivity index (χ1) is 8.79. The van der Waals surface area contributed by atoms with Gasteiger partial charge in [-0.25, -0.2) is 0 Å². The fourth-order valence-corrected chi connectivity index (χ4v) is 3.55. The molecule has 1 spiro atoms. The second-order valence-corrected chi connectivity index (χ2v) is 5.57. The summed E-state index contributed by atoms with van der Waals surface area (Å²) in [5.41, 5.74) is 2.35. The van der Waals surface area contributed by atoms with Crippen LogP contribution in [0, 0.1) is 0 Å². The van der Waals surface area contributed by atoms with Gasteiger partial charge in [0.25, 0.3) is 0 Å². The van der Waals surface area contributed by atoms with Crippen molar-refractivity contribution in [3.63, 3.8) is 0 Å². The van der Waals surface area contributed by atoms with Gasteiger partial charge < -0.3 is 4.90 Å². The number of ketones is 1. The van der Waals surface area contributed by atoms with Crippen molar-refractivity contribution in [1.29, 1.82) is 0 Å². The maximum absolute atomic E-state index is 12.4. The Balaban J connectivity index is 1.97. The van der Waals surface area contributed by atoms with Crippen molar-refractivity contribution in [3.8, 4) is 0 Å². The van der Waals surface area contributed by atoms with Crippen LogP contribution in [-0.2, 0) is 4.79 Å². The highest BCUT2D eigenvalue weighted by atomic mass is 16.1. The van der Waals surface area contributed by atoms with E-state index in [1.54, 1.807) is 6.08 Å². The van der Waals surface area contributed by atoms with Crippen molar-refractivity contribution < 1.29 is 4.79 Å². The number of carbonyl (C=O) groups is 1. The van der Waals surface area contributed by atoms with E-state index < -0.39 is 0 Å². The molecule has 2 heterocycles. The number of hydrogen-bond donors (Lipinski definition) is 0. The molecule has 2 aliphatic heterocycles. The van der Waals surface area contributed by atoms with E-state index >= 15 is 0 Å². The monoisotopic (exact) mass is 243 g/mol. The number of allylic oxidation sites excluding steroid dienone is 3. The van der Waals surface area contributed by atoms with E-state index in [0.29, 0.717) is 5.78 Å². The molecule has 3 rings (SSSR count). The lowest BCUT2D eigenvalue weighted by Gasteiger charge is -2.46. The van der Waals surface area contributed by atoms with Crippen LogP contribution in [0.15, 0.2) is 35.7 Å². The standard InChI is InChI=1S/C16H21NO/c1-2-3-7-14-9-8-13-6-4-5-11-16(13)15(18)10-12-17(14)16/h8-10,12H,2-7,11H2,1H3/t16-/m1/s1. The predicted octanol–water partition coefficient (Wildman–Crippen LogP) is 3.71. The highest BCUT2D eigenvalue weighted by Gasteiger charge is 2.50. The molecular formula is C16H21NO. The zero-order valence-corrected chi connectivity index (χ0v) is 11.1. The smallest absolute Gasteiger partial charge is 0.187 e. The summed E-state index contributed by atoms with van der Waals surface area (Å²) in [7, 11) is 0. The Hall–Kier alpha value is -1.31. The van der Waals surface area contributed by atoms with Crippen LogP contribution in [-0.4, -0.2) is 16.2 Å². The molecule has 2 heteroatoms. The van der Waals surface area contributed by atoms with Crippen molar-refractivity contribution in [2.45, 2.75) is 57.4 Å². The van der Waals surface area contributed by atoms with E-state index in [1.807, 2.05) is 6.20 Å². The predicted molar refractivity (Wildman–Crippen MR) is 72.9 cm³/mol. The third kappa shape index (κ3) is 1.51. The van der Waals surface area contributed by atoms with Crippen LogP contribution in [0.3, 0.4) is 0 Å². The van der Waals surface area contributed by atoms with Crippen LogP contribution in [0.5, 0.6) is 0 Å². The molecule has 18 heavy (non-hydrogen) atoms. The number of rotatable bonds is 3. The molecule has 1 fully saturated rings. The Labute approximate surface area is 109 Å². The average Bonchev–Trinajstić information content (AvgIpc) is 2.73. The highest BCUT2D eigenvalue weighted by molar-refractivity contribution is 6.03. The van der Waals surface area contributed by atoms with Crippen molar-refractivity contribution in [2.24, 2.45) is 0 Å². The van der Waals surface area contributed by atoms with E-state index in [9.17, 15) is 4.79 Å². The number of carbonyl (C=O) groups excluding carboxylic acids is 1. The van der Waals surface area contributed by atoms with Crippen LogP contribution in [0.2, 0.25) is 0 Å². The van der Waals surface area contributed by atoms with Gasteiger partial charge in [0.15, 0.2) is 5.78 Å². The highest BCUT2D eigenvalue weighted by Crippen LogP contribution is 2.46. The topological polar surface area (TPSA) is 20.3 Å². The number of nitrogens with zero attached hydrogens (tertiary/aromatic N) is 1. The SMILES string of the molecule is CCCCC1=CC=C2CCCC[C@]23C(=O)C=CN13. The van der Waals surface area contributed by atoms with E-state index in [4.69, 9.17) is 0 Å². The molecule has 1 saturated carbocycles. The second kappa shape index (κ2) is 4.42. The lowest BCUT2D eigenvalue weighted by molar-refractivity contribution is -0.121. The molecule has 3 aliphatic rings. The van der Waals surface area contributed by atoms with E-state index in [2.05, 4.69) is 24.0 Å². The first-order valence-corrected chi connectivity index (χ1v) is 7.21. The van der Waals surface area contributed by atoms with Crippen LogP contribution in [0.25, 0.3) is 0 Å². The molecule has 0 saturated heterocycles. The third-order valence-electron chi connectivity index (χ3n) is 4.53. The Bertz CT molecular complexity index is 458. The Kier molecular flexibility index (Phi) is 2.89. The zero-order valence-electron chi connectivity index (χ0n) is 11.1. The van der Waals surface area contributed by atoms with Gasteiger partial charge in [-0.15, -0.1) is 0 Å². The summed E-state index contributed by atoms with van der Waals surface area (Å²) in [5, 5.41) is 0. The molecule has 0 aromatic rings. The Morgan fingerprint density at radius 3 is 3.06 bits per heavy atom. The third-order valence-corrected chi connectivity index (χ3v) is 4.53. The minimum Gasteiger partial charge on any atom is -0.334 e. The molecule has 0 radical (unpaired) electrons. The number of hydrogen-bond acceptors (Lipinski definition) is 2. The molecule has 96 valence electrons. The average molecular weight is 243 g/mol. The van der Waals surface area contributed by atoms with Gasteiger partial charge >= 0.3 is 0 Å². The lowest BCUT2D eigenvalue weighted by Crippen LogP contribution is -2.52. The molecule has 0 aromatic heterocycles. The summed E-state index contributed by atoms with van der Waals surface area (Å²) in [6.45, 7) is 2.21. The van der Waals surface area contributed by atoms with Gasteiger partial charge in [-0.2, -0.15) is 0 Å². The molecule has 0 bridgehead atoms. The van der Waals surface area contributed by atoms with Crippen molar-refractivity contribution >= 4 is 5.78 Å². The zero-order chi connectivity index (χ0) is 12.6. The van der Waals surface area contributed by atoms with Crippen molar-refractivity contribution in [2.75, 3.05) is 0 Å². The van der Waals surface area contributed by atoms with Gasteiger partial charge in [-0.1, -0.05) is 19.4 Å². The summed E-state index contributed by atoms with van der Waals surface area (Å²) in [6.07, 6.45) is 16.2. The molecule has 0 amide bonds. The summed E-state index contributed by atoms with van der Waals surface area (Å²) >= 11 is 0. The first kappa shape index (κ1) is 11.8. The molecule has 0 aromatic carbocycles. The maximum atomic E-state index is 12.4. The Morgan fingerprint density at radius 1 is 1.33 bits per heavy atom. The molecular weight excluding hydrogens is 222 g/mol. The van der Waals surface area contributed by atoms with Gasteiger partial charge in [0.2, 0.25) is 0 Å². The van der Waals surface area contributed by atoms with Crippen molar-refractivity contribution in [3.05, 3.63) is 35.7 Å². The molecule has 2 nitrogen and oxygen atoms in total. The summed E-state index contributed by atoms with van der Waals surface area (Å²) in [6, 6.07) is 0. The summed E-state index contributed by atoms with van der Waals surface area (Å²) in [4.78, 5) is 14.7. The second-order valence-electron chi connectivity index (χ2n) is 5.57. The van der Waals surface area contributed by atoms with Crippen LogP contribution in [0.1, 0.15) is 51.9 Å². The van der Waals surface area contributed by atoms with Crippen LogP contribution in [0.4, 0.5) is 0 Å². The quantitative estimate of drug-likeness (QED) is 0.753. The van der Waals surface area contributed by atoms with Gasteiger partial charge in [-0.05, 0) is 50.2 Å². The largest absolute Gasteiger partial charge is 0.334 e. The normalized spacial score (nSPS) is 29.8. The van der Waals surface area contributed by atoms with E-state index in [1.165, 1.54) is 37.0 Å². The molecule has 0 unspecified atom stereocenters. The molecule has 1 atom stereocenters. The minimum absolute atomic E-state index is 0.301. The van der Waals surface area contributed by atoms with Gasteiger partial charge in [0, 0.05) is 18.0 Å². The van der Waals surface area contributed by atoms with E-state index in [-0.39, 0.29) is 5.54 Å². The van der Waals surface area contributed by atoms with Crippen LogP contribution >= 0.6 is 0 Å². The fourth-order valence-electron chi connectivity index (χ4n) is 3.55. The van der Waals surface area contributed by atoms with Crippen LogP contribution < -0.4 is 0 Å². The molecule has 1 aliphatic carbocycles. The van der Waals surface area contributed by atoms with Gasteiger partial charge in [0.1, 0.15) is 5.54 Å². The summed E-state index contributed by atoms with van der Waals surface area (Å²) in [5.74, 6) is 0.301. The van der Waals surface area contributed by atoms with Gasteiger partial charge in [-0.3, -0.25) is 4.79 Å². The molecule has 0 N–H and O–H groups in total. The van der Waals surface area contributed by atoms with Gasteiger partial charge in [0.05, 0.1) is 0 Å². The Morgan fingerprint density at radius 2 is 2.22 bits per heavy atom. The lowest BCUT2D eigenvalue weighted by atomic mass is 9.72. The first-order valence-electron chi connectivity index (χ1n) is 7.21. The maximum Gasteiger partial charge on any atom is 0.187 e. The minimum atomic E-state index is -0.309. The number of unbranched alkanes of at least 4 members (excludes halogenated alkanes) is 1. The summed E-state index contributed by atoms with van der Waals surface area (Å²) < 4.78 is 0. The van der Waals surface area contributed by atoms with E-state index in [0.717, 1.165) is 19.3 Å². The van der Waals surface area contributed by atoms with Crippen molar-refractivity contribution in [1.82, 2.24) is 4.90 Å².